The molecule has 1 aromatic heterocycles. The number of rotatable bonds is 4. The number of carbonyl (C=O) groups is 1. The van der Waals surface area contributed by atoms with E-state index in [4.69, 9.17) is 5.73 Å². The Morgan fingerprint density at radius 1 is 1.24 bits per heavy atom. The molecule has 1 amide bonds. The van der Waals surface area contributed by atoms with Crippen molar-refractivity contribution in [2.45, 2.75) is 32.7 Å². The van der Waals surface area contributed by atoms with Gasteiger partial charge in [0.25, 0.3) is 0 Å². The number of nitrogens with zero attached hydrogens (tertiary/aromatic N) is 2. The van der Waals surface area contributed by atoms with Gasteiger partial charge in [0.1, 0.15) is 5.82 Å². The van der Waals surface area contributed by atoms with Crippen molar-refractivity contribution < 1.29 is 4.79 Å². The van der Waals surface area contributed by atoms with E-state index in [-0.39, 0.29) is 5.91 Å². The predicted molar refractivity (Wildman–Crippen MR) is 82.5 cm³/mol. The Hall–Kier alpha value is -2.43. The van der Waals surface area contributed by atoms with Crippen molar-refractivity contribution in [2.75, 3.05) is 5.73 Å². The summed E-state index contributed by atoms with van der Waals surface area (Å²) in [5.74, 6) is 0.642. The number of anilines is 1. The first-order valence-corrected chi connectivity index (χ1v) is 6.82. The number of aryl methyl sites for hydroxylation is 1. The highest BCUT2D eigenvalue weighted by Crippen LogP contribution is 2.24. The van der Waals surface area contributed by atoms with Crippen molar-refractivity contribution in [1.29, 1.82) is 0 Å². The lowest BCUT2D eigenvalue weighted by atomic mass is 9.83. The van der Waals surface area contributed by atoms with Crippen LogP contribution in [0.15, 0.2) is 36.5 Å². The molecule has 2 rings (SSSR count). The van der Waals surface area contributed by atoms with Crippen LogP contribution in [0.3, 0.4) is 0 Å². The Kier molecular flexibility index (Phi) is 4.21. The SMILES string of the molecule is Cc1nccc(CNC(=O)C(C)(C)c2ccc(N)cc2)n1. The summed E-state index contributed by atoms with van der Waals surface area (Å²) in [5, 5.41) is 2.92. The molecule has 1 heterocycles. The maximum atomic E-state index is 12.4. The molecule has 0 bridgehead atoms. The standard InChI is InChI=1S/C16H20N4O/c1-11-18-9-8-14(20-11)10-19-15(21)16(2,3)12-4-6-13(17)7-5-12/h4-9H,10,17H2,1-3H3,(H,19,21). The molecule has 2 aromatic rings. The van der Waals surface area contributed by atoms with Crippen LogP contribution in [0.5, 0.6) is 0 Å². The van der Waals surface area contributed by atoms with Gasteiger partial charge in [-0.3, -0.25) is 4.79 Å². The van der Waals surface area contributed by atoms with Crippen LogP contribution in [0.2, 0.25) is 0 Å². The van der Waals surface area contributed by atoms with E-state index in [1.165, 1.54) is 0 Å². The fourth-order valence-electron chi connectivity index (χ4n) is 2.03. The highest BCUT2D eigenvalue weighted by molar-refractivity contribution is 5.87. The molecule has 0 unspecified atom stereocenters. The zero-order valence-corrected chi connectivity index (χ0v) is 12.6. The van der Waals surface area contributed by atoms with Gasteiger partial charge in [-0.15, -0.1) is 0 Å². The summed E-state index contributed by atoms with van der Waals surface area (Å²) in [6, 6.07) is 9.16. The smallest absolute Gasteiger partial charge is 0.230 e. The summed E-state index contributed by atoms with van der Waals surface area (Å²) in [6.07, 6.45) is 1.69. The van der Waals surface area contributed by atoms with Gasteiger partial charge in [0, 0.05) is 11.9 Å². The van der Waals surface area contributed by atoms with Crippen molar-refractivity contribution in [3.8, 4) is 0 Å². The summed E-state index contributed by atoms with van der Waals surface area (Å²) >= 11 is 0. The Morgan fingerprint density at radius 3 is 2.52 bits per heavy atom. The van der Waals surface area contributed by atoms with E-state index in [0.717, 1.165) is 11.3 Å². The fraction of sp³-hybridized carbons (Fsp3) is 0.312. The average molecular weight is 284 g/mol. The second-order valence-electron chi connectivity index (χ2n) is 5.52. The molecular formula is C16H20N4O. The maximum Gasteiger partial charge on any atom is 0.230 e. The summed E-state index contributed by atoms with van der Waals surface area (Å²) in [6.45, 7) is 5.99. The van der Waals surface area contributed by atoms with E-state index in [0.29, 0.717) is 18.1 Å². The zero-order chi connectivity index (χ0) is 15.5. The van der Waals surface area contributed by atoms with Crippen LogP contribution in [-0.2, 0) is 16.8 Å². The molecule has 21 heavy (non-hydrogen) atoms. The zero-order valence-electron chi connectivity index (χ0n) is 12.6. The topological polar surface area (TPSA) is 80.9 Å². The minimum Gasteiger partial charge on any atom is -0.399 e. The van der Waals surface area contributed by atoms with Crippen LogP contribution in [0.25, 0.3) is 0 Å². The lowest BCUT2D eigenvalue weighted by Crippen LogP contribution is -2.39. The monoisotopic (exact) mass is 284 g/mol. The normalized spacial score (nSPS) is 11.2. The molecule has 0 aliphatic carbocycles. The minimum absolute atomic E-state index is 0.0523. The third-order valence-corrected chi connectivity index (χ3v) is 3.46. The van der Waals surface area contributed by atoms with E-state index in [1.807, 2.05) is 32.9 Å². The van der Waals surface area contributed by atoms with Gasteiger partial charge in [0.05, 0.1) is 17.7 Å². The maximum absolute atomic E-state index is 12.4. The second-order valence-corrected chi connectivity index (χ2v) is 5.52. The molecule has 0 saturated carbocycles. The number of benzene rings is 1. The van der Waals surface area contributed by atoms with Gasteiger partial charge in [-0.2, -0.15) is 0 Å². The molecule has 1 aromatic carbocycles. The van der Waals surface area contributed by atoms with Crippen molar-refractivity contribution >= 4 is 11.6 Å². The molecule has 110 valence electrons. The minimum atomic E-state index is -0.629. The van der Waals surface area contributed by atoms with Crippen LogP contribution < -0.4 is 11.1 Å². The van der Waals surface area contributed by atoms with E-state index < -0.39 is 5.41 Å². The Bertz CT molecular complexity index is 635. The molecule has 0 spiro atoms. The summed E-state index contributed by atoms with van der Waals surface area (Å²) in [5.41, 5.74) is 7.46. The Morgan fingerprint density at radius 2 is 1.90 bits per heavy atom. The van der Waals surface area contributed by atoms with Gasteiger partial charge in [-0.1, -0.05) is 12.1 Å². The summed E-state index contributed by atoms with van der Waals surface area (Å²) < 4.78 is 0. The molecule has 0 atom stereocenters. The average Bonchev–Trinajstić information content (AvgIpc) is 2.45. The Labute approximate surface area is 124 Å². The van der Waals surface area contributed by atoms with Crippen LogP contribution in [0.4, 0.5) is 5.69 Å². The van der Waals surface area contributed by atoms with Crippen molar-refractivity contribution in [2.24, 2.45) is 0 Å². The number of hydrogen-bond acceptors (Lipinski definition) is 4. The fourth-order valence-corrected chi connectivity index (χ4v) is 2.03. The second kappa shape index (κ2) is 5.91. The molecule has 5 nitrogen and oxygen atoms in total. The number of hydrogen-bond donors (Lipinski definition) is 2. The quantitative estimate of drug-likeness (QED) is 0.841. The van der Waals surface area contributed by atoms with Gasteiger partial charge < -0.3 is 11.1 Å². The van der Waals surface area contributed by atoms with Crippen LogP contribution in [0.1, 0.15) is 30.9 Å². The molecule has 0 radical (unpaired) electrons. The lowest BCUT2D eigenvalue weighted by Gasteiger charge is -2.24. The molecule has 0 fully saturated rings. The molecule has 0 aliphatic heterocycles. The van der Waals surface area contributed by atoms with Crippen molar-refractivity contribution in [3.63, 3.8) is 0 Å². The number of amides is 1. The van der Waals surface area contributed by atoms with E-state index in [9.17, 15) is 4.79 Å². The van der Waals surface area contributed by atoms with E-state index in [1.54, 1.807) is 24.4 Å². The van der Waals surface area contributed by atoms with Crippen LogP contribution in [-0.4, -0.2) is 15.9 Å². The van der Waals surface area contributed by atoms with Crippen LogP contribution >= 0.6 is 0 Å². The number of carbonyl (C=O) groups excluding carboxylic acids is 1. The lowest BCUT2D eigenvalue weighted by molar-refractivity contribution is -0.125. The first kappa shape index (κ1) is 15.0. The van der Waals surface area contributed by atoms with Gasteiger partial charge in [-0.05, 0) is 44.5 Å². The van der Waals surface area contributed by atoms with Crippen molar-refractivity contribution in [1.82, 2.24) is 15.3 Å². The Balaban J connectivity index is 2.06. The third-order valence-electron chi connectivity index (χ3n) is 3.46. The first-order chi connectivity index (χ1) is 9.89. The highest BCUT2D eigenvalue weighted by atomic mass is 16.2. The van der Waals surface area contributed by atoms with Gasteiger partial charge in [-0.25, -0.2) is 9.97 Å². The molecule has 0 saturated heterocycles. The molecular weight excluding hydrogens is 264 g/mol. The van der Waals surface area contributed by atoms with Gasteiger partial charge >= 0.3 is 0 Å². The van der Waals surface area contributed by atoms with E-state index >= 15 is 0 Å². The summed E-state index contributed by atoms with van der Waals surface area (Å²) in [7, 11) is 0. The van der Waals surface area contributed by atoms with Gasteiger partial charge in [0.2, 0.25) is 5.91 Å². The first-order valence-electron chi connectivity index (χ1n) is 6.82. The largest absolute Gasteiger partial charge is 0.399 e. The molecule has 3 N–H and O–H groups in total. The van der Waals surface area contributed by atoms with Gasteiger partial charge in [0.15, 0.2) is 0 Å². The molecule has 5 heteroatoms. The van der Waals surface area contributed by atoms with E-state index in [2.05, 4.69) is 15.3 Å². The number of nitrogens with two attached hydrogens (primary N) is 1. The predicted octanol–water partition coefficient (Wildman–Crippen LogP) is 1.96. The number of aromatic nitrogens is 2. The number of nitrogen functional groups attached to an aromatic ring is 1. The highest BCUT2D eigenvalue weighted by Gasteiger charge is 2.29. The third kappa shape index (κ3) is 3.56. The van der Waals surface area contributed by atoms with Crippen LogP contribution in [0, 0.1) is 6.92 Å². The number of nitrogens with one attached hydrogen (secondary N) is 1. The summed E-state index contributed by atoms with van der Waals surface area (Å²) in [4.78, 5) is 20.7. The van der Waals surface area contributed by atoms with Crippen molar-refractivity contribution in [3.05, 3.63) is 53.6 Å². The molecule has 0 aliphatic rings.